The minimum atomic E-state index is -3.55. The molecule has 1 aliphatic carbocycles. The molecule has 0 aromatic carbocycles. The fourth-order valence-electron chi connectivity index (χ4n) is 2.62. The van der Waals surface area contributed by atoms with Crippen LogP contribution in [-0.4, -0.2) is 46.7 Å². The number of aliphatic carboxylic acids is 1. The summed E-state index contributed by atoms with van der Waals surface area (Å²) in [6, 6.07) is 0.0473. The third kappa shape index (κ3) is 3.82. The van der Waals surface area contributed by atoms with Crippen LogP contribution in [-0.2, 0) is 21.4 Å². The van der Waals surface area contributed by atoms with Gasteiger partial charge in [-0.3, -0.25) is 9.48 Å². The third-order valence-electron chi connectivity index (χ3n) is 3.93. The number of sulfonamides is 1. The lowest BCUT2D eigenvalue weighted by molar-refractivity contribution is -0.137. The van der Waals surface area contributed by atoms with Gasteiger partial charge in [-0.05, 0) is 12.8 Å². The van der Waals surface area contributed by atoms with Gasteiger partial charge in [-0.1, -0.05) is 19.3 Å². The summed E-state index contributed by atoms with van der Waals surface area (Å²) in [5.41, 5.74) is 0. The van der Waals surface area contributed by atoms with Crippen molar-refractivity contribution in [2.24, 2.45) is 0 Å². The smallest absolute Gasteiger partial charge is 0.305 e. The highest BCUT2D eigenvalue weighted by molar-refractivity contribution is 7.89. The molecule has 1 saturated carbocycles. The average molecular weight is 315 g/mol. The Labute approximate surface area is 124 Å². The van der Waals surface area contributed by atoms with Crippen molar-refractivity contribution in [1.29, 1.82) is 0 Å². The van der Waals surface area contributed by atoms with Crippen molar-refractivity contribution in [2.45, 2.75) is 56.0 Å². The maximum atomic E-state index is 12.5. The second kappa shape index (κ2) is 6.57. The summed E-state index contributed by atoms with van der Waals surface area (Å²) in [7, 11) is -1.94. The van der Waals surface area contributed by atoms with Crippen LogP contribution in [0.4, 0.5) is 0 Å². The summed E-state index contributed by atoms with van der Waals surface area (Å²) >= 11 is 0. The number of nitrogens with zero attached hydrogens (tertiary/aromatic N) is 3. The Morgan fingerprint density at radius 2 is 2.10 bits per heavy atom. The highest BCUT2D eigenvalue weighted by Gasteiger charge is 2.29. The maximum Gasteiger partial charge on any atom is 0.305 e. The van der Waals surface area contributed by atoms with Gasteiger partial charge in [0.05, 0.1) is 19.2 Å². The Bertz CT molecular complexity index is 590. The number of carboxylic acids is 1. The normalized spacial score (nSPS) is 17.2. The number of rotatable bonds is 6. The SMILES string of the molecule is CN(C1CCCCC1)S(=O)(=O)c1cnn(CCC(=O)O)c1. The highest BCUT2D eigenvalue weighted by atomic mass is 32.2. The van der Waals surface area contributed by atoms with Gasteiger partial charge in [0.15, 0.2) is 0 Å². The summed E-state index contributed by atoms with van der Waals surface area (Å²) in [6.45, 7) is 0.165. The van der Waals surface area contributed by atoms with Gasteiger partial charge in [-0.2, -0.15) is 9.40 Å². The minimum Gasteiger partial charge on any atom is -0.481 e. The van der Waals surface area contributed by atoms with Crippen molar-refractivity contribution in [2.75, 3.05) is 7.05 Å². The number of hydrogen-bond donors (Lipinski definition) is 1. The zero-order valence-electron chi connectivity index (χ0n) is 12.1. The number of aromatic nitrogens is 2. The molecule has 1 aliphatic rings. The predicted molar refractivity (Wildman–Crippen MR) is 76.3 cm³/mol. The van der Waals surface area contributed by atoms with Gasteiger partial charge in [-0.15, -0.1) is 0 Å². The van der Waals surface area contributed by atoms with E-state index < -0.39 is 16.0 Å². The molecule has 21 heavy (non-hydrogen) atoms. The Hall–Kier alpha value is -1.41. The first-order valence-electron chi connectivity index (χ1n) is 7.13. The molecule has 1 aromatic heterocycles. The van der Waals surface area contributed by atoms with Gasteiger partial charge in [0, 0.05) is 19.3 Å². The van der Waals surface area contributed by atoms with Crippen molar-refractivity contribution in [3.05, 3.63) is 12.4 Å². The lowest BCUT2D eigenvalue weighted by atomic mass is 9.96. The van der Waals surface area contributed by atoms with Crippen LogP contribution in [0.2, 0.25) is 0 Å². The summed E-state index contributed by atoms with van der Waals surface area (Å²) < 4.78 is 27.9. The largest absolute Gasteiger partial charge is 0.481 e. The van der Waals surface area contributed by atoms with Gasteiger partial charge < -0.3 is 5.11 Å². The van der Waals surface area contributed by atoms with Crippen LogP contribution in [0.1, 0.15) is 38.5 Å². The molecule has 0 amide bonds. The van der Waals surface area contributed by atoms with Crippen molar-refractivity contribution < 1.29 is 18.3 Å². The van der Waals surface area contributed by atoms with Crippen LogP contribution in [0, 0.1) is 0 Å². The summed E-state index contributed by atoms with van der Waals surface area (Å²) in [5, 5.41) is 12.6. The molecule has 0 atom stereocenters. The molecule has 0 bridgehead atoms. The first-order valence-corrected chi connectivity index (χ1v) is 8.57. The molecule has 1 fully saturated rings. The monoisotopic (exact) mass is 315 g/mol. The van der Waals surface area contributed by atoms with Crippen molar-refractivity contribution >= 4 is 16.0 Å². The van der Waals surface area contributed by atoms with Gasteiger partial charge in [0.25, 0.3) is 0 Å². The molecule has 1 aromatic rings. The fraction of sp³-hybridized carbons (Fsp3) is 0.692. The van der Waals surface area contributed by atoms with E-state index in [-0.39, 0.29) is 23.9 Å². The molecule has 1 N–H and O–H groups in total. The predicted octanol–water partition coefficient (Wildman–Crippen LogP) is 1.31. The Kier molecular flexibility index (Phi) is 5.00. The summed E-state index contributed by atoms with van der Waals surface area (Å²) in [5.74, 6) is -0.936. The zero-order chi connectivity index (χ0) is 15.5. The quantitative estimate of drug-likeness (QED) is 0.854. The van der Waals surface area contributed by atoms with Crippen molar-refractivity contribution in [1.82, 2.24) is 14.1 Å². The Balaban J connectivity index is 2.09. The van der Waals surface area contributed by atoms with Gasteiger partial charge in [-0.25, -0.2) is 8.42 Å². The third-order valence-corrected chi connectivity index (χ3v) is 5.79. The summed E-state index contributed by atoms with van der Waals surface area (Å²) in [6.07, 6.45) is 7.67. The molecule has 7 nitrogen and oxygen atoms in total. The zero-order valence-corrected chi connectivity index (χ0v) is 12.9. The topological polar surface area (TPSA) is 92.5 Å². The van der Waals surface area contributed by atoms with Gasteiger partial charge in [0.2, 0.25) is 10.0 Å². The number of carbonyl (C=O) groups is 1. The number of hydrogen-bond acceptors (Lipinski definition) is 4. The van der Waals surface area contributed by atoms with Crippen LogP contribution in [0.25, 0.3) is 0 Å². The highest BCUT2D eigenvalue weighted by Crippen LogP contribution is 2.26. The van der Waals surface area contributed by atoms with Crippen LogP contribution in [0.15, 0.2) is 17.3 Å². The Morgan fingerprint density at radius 3 is 2.71 bits per heavy atom. The molecular formula is C13H21N3O4S. The average Bonchev–Trinajstić information content (AvgIpc) is 2.95. The van der Waals surface area contributed by atoms with E-state index in [1.807, 2.05) is 0 Å². The van der Waals surface area contributed by atoms with Crippen LogP contribution in [0.3, 0.4) is 0 Å². The molecule has 1 heterocycles. The molecule has 0 aliphatic heterocycles. The first-order chi connectivity index (χ1) is 9.91. The minimum absolute atomic E-state index is 0.0473. The molecule has 2 rings (SSSR count). The molecule has 8 heteroatoms. The number of carboxylic acid groups (broad SMARTS) is 1. The lowest BCUT2D eigenvalue weighted by Gasteiger charge is -2.29. The summed E-state index contributed by atoms with van der Waals surface area (Å²) in [4.78, 5) is 10.6. The van der Waals surface area contributed by atoms with E-state index in [9.17, 15) is 13.2 Å². The second-order valence-corrected chi connectivity index (χ2v) is 7.39. The van der Waals surface area contributed by atoms with Crippen LogP contribution >= 0.6 is 0 Å². The maximum absolute atomic E-state index is 12.5. The molecule has 0 unspecified atom stereocenters. The number of aryl methyl sites for hydroxylation is 1. The van der Waals surface area contributed by atoms with Gasteiger partial charge >= 0.3 is 5.97 Å². The van der Waals surface area contributed by atoms with Crippen LogP contribution < -0.4 is 0 Å². The molecular weight excluding hydrogens is 294 g/mol. The van der Waals surface area contributed by atoms with E-state index in [4.69, 9.17) is 5.11 Å². The first kappa shape index (κ1) is 16.0. The van der Waals surface area contributed by atoms with E-state index in [0.717, 1.165) is 32.1 Å². The molecule has 118 valence electrons. The Morgan fingerprint density at radius 1 is 1.43 bits per heavy atom. The van der Waals surface area contributed by atoms with Gasteiger partial charge in [0.1, 0.15) is 4.90 Å². The molecule has 0 spiro atoms. The second-order valence-electron chi connectivity index (χ2n) is 5.40. The molecule has 0 radical (unpaired) electrons. The fourth-order valence-corrected chi connectivity index (χ4v) is 3.99. The van der Waals surface area contributed by atoms with E-state index in [1.54, 1.807) is 7.05 Å². The van der Waals surface area contributed by atoms with E-state index in [1.165, 1.54) is 21.4 Å². The van der Waals surface area contributed by atoms with E-state index >= 15 is 0 Å². The van der Waals surface area contributed by atoms with E-state index in [0.29, 0.717) is 0 Å². The van der Waals surface area contributed by atoms with Crippen molar-refractivity contribution in [3.63, 3.8) is 0 Å². The standard InChI is InChI=1S/C13H21N3O4S/c1-15(11-5-3-2-4-6-11)21(19,20)12-9-14-16(10-12)8-7-13(17)18/h9-11H,2-8H2,1H3,(H,17,18). The van der Waals surface area contributed by atoms with Crippen LogP contribution in [0.5, 0.6) is 0 Å². The molecule has 0 saturated heterocycles. The van der Waals surface area contributed by atoms with Crippen molar-refractivity contribution in [3.8, 4) is 0 Å². The van der Waals surface area contributed by atoms with E-state index in [2.05, 4.69) is 5.10 Å². The lowest BCUT2D eigenvalue weighted by Crippen LogP contribution is -2.38.